The zero-order chi connectivity index (χ0) is 8.27. The molecule has 0 radical (unpaired) electrons. The first-order valence-electron chi connectivity index (χ1n) is 3.69. The van der Waals surface area contributed by atoms with Gasteiger partial charge in [0.25, 0.3) is 0 Å². The van der Waals surface area contributed by atoms with E-state index in [4.69, 9.17) is 0 Å². The number of allylic oxidation sites excluding steroid dienone is 4. The van der Waals surface area contributed by atoms with Crippen molar-refractivity contribution in [3.63, 3.8) is 0 Å². The molecule has 0 aromatic heterocycles. The van der Waals surface area contributed by atoms with Gasteiger partial charge in [-0.2, -0.15) is 0 Å². The molecule has 0 nitrogen and oxygen atoms in total. The van der Waals surface area contributed by atoms with Crippen LogP contribution in [0.15, 0.2) is 23.3 Å². The van der Waals surface area contributed by atoms with E-state index < -0.39 is 6.67 Å². The van der Waals surface area contributed by atoms with Crippen LogP contribution in [0, 0.1) is 17.8 Å². The Balaban J connectivity index is 2.96. The first-order chi connectivity index (χ1) is 5.24. The Kier molecular flexibility index (Phi) is 2.48. The summed E-state index contributed by atoms with van der Waals surface area (Å²) in [5.41, 5.74) is 1.56. The summed E-state index contributed by atoms with van der Waals surface area (Å²) in [6.07, 6.45) is 3.91. The first kappa shape index (κ1) is 8.07. The summed E-state index contributed by atoms with van der Waals surface area (Å²) in [6.45, 7) is 3.44. The number of alkyl halides is 1. The van der Waals surface area contributed by atoms with Crippen LogP contribution in [0.25, 0.3) is 0 Å². The average molecular weight is 150 g/mol. The predicted octanol–water partition coefficient (Wildman–Crippen LogP) is 2.48. The van der Waals surface area contributed by atoms with Crippen LogP contribution in [0.1, 0.15) is 13.8 Å². The van der Waals surface area contributed by atoms with Crippen LogP contribution in [0.4, 0.5) is 4.39 Å². The normalized spacial score (nSPS) is 22.6. The summed E-state index contributed by atoms with van der Waals surface area (Å²) in [5, 5.41) is 0. The molecule has 0 spiro atoms. The lowest BCUT2D eigenvalue weighted by molar-refractivity contribution is 0.550. The van der Waals surface area contributed by atoms with Gasteiger partial charge >= 0.3 is 0 Å². The van der Waals surface area contributed by atoms with Crippen LogP contribution >= 0.6 is 0 Å². The minimum absolute atomic E-state index is 0.244. The van der Waals surface area contributed by atoms with Gasteiger partial charge in [-0.15, -0.1) is 0 Å². The van der Waals surface area contributed by atoms with E-state index in [1.165, 1.54) is 0 Å². The third kappa shape index (κ3) is 1.94. The lowest BCUT2D eigenvalue weighted by Gasteiger charge is -1.93. The summed E-state index contributed by atoms with van der Waals surface area (Å²) in [6, 6.07) is 0. The Labute approximate surface area is 66.8 Å². The van der Waals surface area contributed by atoms with Crippen molar-refractivity contribution in [2.24, 2.45) is 5.92 Å². The molecule has 0 aromatic rings. The van der Waals surface area contributed by atoms with Crippen LogP contribution in [0.2, 0.25) is 0 Å². The molecule has 0 saturated carbocycles. The Morgan fingerprint density at radius 1 is 1.64 bits per heavy atom. The minimum Gasteiger partial charge on any atom is -0.245 e. The summed E-state index contributed by atoms with van der Waals surface area (Å²) in [7, 11) is 0. The SMILES string of the molecule is CC1=C(CF)C#CC(C)C=C1. The zero-order valence-corrected chi connectivity index (χ0v) is 6.82. The maximum Gasteiger partial charge on any atom is 0.123 e. The third-order valence-electron chi connectivity index (χ3n) is 1.70. The molecular formula is C10H11F. The number of hydrogen-bond donors (Lipinski definition) is 0. The predicted molar refractivity (Wildman–Crippen MR) is 44.8 cm³/mol. The van der Waals surface area contributed by atoms with Gasteiger partial charge in [-0.1, -0.05) is 24.0 Å². The maximum absolute atomic E-state index is 12.2. The van der Waals surface area contributed by atoms with Gasteiger partial charge in [0.15, 0.2) is 0 Å². The molecule has 1 atom stereocenters. The monoisotopic (exact) mass is 150 g/mol. The molecule has 11 heavy (non-hydrogen) atoms. The second-order valence-corrected chi connectivity index (χ2v) is 2.71. The van der Waals surface area contributed by atoms with Gasteiger partial charge in [-0.25, -0.2) is 4.39 Å². The smallest absolute Gasteiger partial charge is 0.123 e. The summed E-state index contributed by atoms with van der Waals surface area (Å²) < 4.78 is 12.2. The van der Waals surface area contributed by atoms with Gasteiger partial charge in [0.05, 0.1) is 0 Å². The summed E-state index contributed by atoms with van der Waals surface area (Å²) in [4.78, 5) is 0. The van der Waals surface area contributed by atoms with Crippen LogP contribution in [-0.2, 0) is 0 Å². The molecule has 1 rings (SSSR count). The zero-order valence-electron chi connectivity index (χ0n) is 6.82. The molecular weight excluding hydrogens is 139 g/mol. The van der Waals surface area contributed by atoms with E-state index in [1.54, 1.807) is 0 Å². The van der Waals surface area contributed by atoms with Gasteiger partial charge in [0, 0.05) is 11.5 Å². The van der Waals surface area contributed by atoms with E-state index in [9.17, 15) is 4.39 Å². The van der Waals surface area contributed by atoms with Crippen LogP contribution in [-0.4, -0.2) is 6.67 Å². The van der Waals surface area contributed by atoms with E-state index in [2.05, 4.69) is 11.8 Å². The molecule has 0 N–H and O–H groups in total. The first-order valence-corrected chi connectivity index (χ1v) is 3.69. The highest BCUT2D eigenvalue weighted by Gasteiger charge is 2.00. The highest BCUT2D eigenvalue weighted by Crippen LogP contribution is 2.11. The van der Waals surface area contributed by atoms with Crippen molar-refractivity contribution in [1.29, 1.82) is 0 Å². The molecule has 1 heteroatoms. The van der Waals surface area contributed by atoms with Crippen LogP contribution < -0.4 is 0 Å². The van der Waals surface area contributed by atoms with Crippen molar-refractivity contribution >= 4 is 0 Å². The summed E-state index contributed by atoms with van der Waals surface area (Å²) >= 11 is 0. The highest BCUT2D eigenvalue weighted by atomic mass is 19.1. The number of halogens is 1. The molecule has 58 valence electrons. The van der Waals surface area contributed by atoms with Crippen molar-refractivity contribution in [2.45, 2.75) is 13.8 Å². The van der Waals surface area contributed by atoms with E-state index in [-0.39, 0.29) is 5.92 Å². The minimum atomic E-state index is -0.449. The highest BCUT2D eigenvalue weighted by molar-refractivity contribution is 5.41. The molecule has 0 heterocycles. The largest absolute Gasteiger partial charge is 0.245 e. The molecule has 0 aromatic carbocycles. The average Bonchev–Trinajstić information content (AvgIpc) is 2.15. The fraction of sp³-hybridized carbons (Fsp3) is 0.400. The third-order valence-corrected chi connectivity index (χ3v) is 1.70. The second-order valence-electron chi connectivity index (χ2n) is 2.71. The van der Waals surface area contributed by atoms with Gasteiger partial charge in [0.1, 0.15) is 6.67 Å². The van der Waals surface area contributed by atoms with Crippen molar-refractivity contribution in [3.8, 4) is 11.8 Å². The lowest BCUT2D eigenvalue weighted by Crippen LogP contribution is -1.84. The molecule has 1 aliphatic rings. The Morgan fingerprint density at radius 3 is 3.00 bits per heavy atom. The standard InChI is InChI=1S/C10H11F/c1-8-3-5-9(2)10(7-11)6-4-8/h3,5,8H,7H2,1-2H3. The lowest BCUT2D eigenvalue weighted by atomic mass is 10.1. The molecule has 0 aliphatic heterocycles. The second kappa shape index (κ2) is 3.39. The molecule has 0 amide bonds. The van der Waals surface area contributed by atoms with Crippen molar-refractivity contribution < 1.29 is 4.39 Å². The molecule has 0 saturated heterocycles. The Morgan fingerprint density at radius 2 is 2.36 bits per heavy atom. The summed E-state index contributed by atoms with van der Waals surface area (Å²) in [5.74, 6) is 6.01. The molecule has 0 bridgehead atoms. The maximum atomic E-state index is 12.2. The number of hydrogen-bond acceptors (Lipinski definition) is 0. The van der Waals surface area contributed by atoms with Gasteiger partial charge in [0.2, 0.25) is 0 Å². The van der Waals surface area contributed by atoms with Gasteiger partial charge in [-0.05, 0) is 19.4 Å². The topological polar surface area (TPSA) is 0 Å². The fourth-order valence-corrected chi connectivity index (χ4v) is 0.876. The van der Waals surface area contributed by atoms with E-state index in [0.29, 0.717) is 5.57 Å². The van der Waals surface area contributed by atoms with E-state index >= 15 is 0 Å². The van der Waals surface area contributed by atoms with Crippen molar-refractivity contribution in [3.05, 3.63) is 23.3 Å². The van der Waals surface area contributed by atoms with Crippen LogP contribution in [0.5, 0.6) is 0 Å². The molecule has 0 fully saturated rings. The van der Waals surface area contributed by atoms with Crippen LogP contribution in [0.3, 0.4) is 0 Å². The van der Waals surface area contributed by atoms with E-state index in [1.807, 2.05) is 26.0 Å². The Bertz CT molecular complexity index is 260. The quantitative estimate of drug-likeness (QED) is 0.504. The fourth-order valence-electron chi connectivity index (χ4n) is 0.876. The van der Waals surface area contributed by atoms with Crippen molar-refractivity contribution in [2.75, 3.05) is 6.67 Å². The van der Waals surface area contributed by atoms with Gasteiger partial charge < -0.3 is 0 Å². The molecule has 1 unspecified atom stereocenters. The molecule has 1 aliphatic carbocycles. The Hall–Kier alpha value is -1.03. The number of rotatable bonds is 1. The van der Waals surface area contributed by atoms with Crippen molar-refractivity contribution in [1.82, 2.24) is 0 Å². The van der Waals surface area contributed by atoms with E-state index in [0.717, 1.165) is 5.57 Å². The van der Waals surface area contributed by atoms with Gasteiger partial charge in [-0.3, -0.25) is 0 Å².